The van der Waals surface area contributed by atoms with Gasteiger partial charge in [-0.2, -0.15) is 5.26 Å². The molecular formula is C18H23N3O2S. The van der Waals surface area contributed by atoms with Gasteiger partial charge in [0, 0.05) is 25.7 Å². The first-order valence-electron chi connectivity index (χ1n) is 8.28. The summed E-state index contributed by atoms with van der Waals surface area (Å²) in [5.74, 6) is 0.699. The van der Waals surface area contributed by atoms with Gasteiger partial charge in [0.25, 0.3) is 0 Å². The average Bonchev–Trinajstić information content (AvgIpc) is 3.08. The second kappa shape index (κ2) is 6.23. The number of benzene rings is 1. The molecule has 1 aromatic rings. The Bertz CT molecular complexity index is 692. The first kappa shape index (κ1) is 17.0. The molecule has 3 rings (SSSR count). The topological polar surface area (TPSA) is 59.7 Å². The molecule has 2 aliphatic heterocycles. The van der Waals surface area contributed by atoms with Gasteiger partial charge in [-0.1, -0.05) is 0 Å². The van der Waals surface area contributed by atoms with Crippen LogP contribution >= 0.6 is 12.2 Å². The van der Waals surface area contributed by atoms with E-state index in [1.54, 1.807) is 18.2 Å². The fourth-order valence-corrected chi connectivity index (χ4v) is 3.80. The zero-order valence-electron chi connectivity index (χ0n) is 14.3. The van der Waals surface area contributed by atoms with Crippen molar-refractivity contribution in [3.8, 4) is 11.8 Å². The van der Waals surface area contributed by atoms with Gasteiger partial charge in [-0.15, -0.1) is 0 Å². The second-order valence-electron chi connectivity index (χ2n) is 7.05. The highest BCUT2D eigenvalue weighted by Gasteiger charge is 2.45. The number of aliphatic hydroxyl groups excluding tert-OH is 1. The van der Waals surface area contributed by atoms with Gasteiger partial charge < -0.3 is 19.6 Å². The van der Waals surface area contributed by atoms with E-state index in [-0.39, 0.29) is 6.04 Å². The van der Waals surface area contributed by atoms with Gasteiger partial charge in [-0.05, 0) is 57.1 Å². The third-order valence-corrected chi connectivity index (χ3v) is 5.48. The lowest BCUT2D eigenvalue weighted by atomic mass is 9.85. The van der Waals surface area contributed by atoms with Gasteiger partial charge in [0.1, 0.15) is 17.5 Å². The quantitative estimate of drug-likeness (QED) is 0.789. The van der Waals surface area contributed by atoms with Crippen LogP contribution in [0.5, 0.6) is 5.75 Å². The summed E-state index contributed by atoms with van der Waals surface area (Å²) in [6.45, 7) is 5.66. The zero-order chi connectivity index (χ0) is 17.5. The Kier molecular flexibility index (Phi) is 4.41. The van der Waals surface area contributed by atoms with Crippen LogP contribution in [-0.2, 0) is 0 Å². The molecule has 1 N–H and O–H groups in total. The van der Waals surface area contributed by atoms with Crippen LogP contribution < -0.4 is 4.74 Å². The van der Waals surface area contributed by atoms with Crippen molar-refractivity contribution < 1.29 is 9.84 Å². The molecule has 0 saturated carbocycles. The first-order valence-corrected chi connectivity index (χ1v) is 8.69. The lowest BCUT2D eigenvalue weighted by Crippen LogP contribution is -2.55. The van der Waals surface area contributed by atoms with Crippen LogP contribution in [0.4, 0.5) is 0 Å². The van der Waals surface area contributed by atoms with E-state index < -0.39 is 11.7 Å². The van der Waals surface area contributed by atoms with Gasteiger partial charge in [0.05, 0.1) is 17.7 Å². The molecule has 2 atom stereocenters. The summed E-state index contributed by atoms with van der Waals surface area (Å²) in [6.07, 6.45) is 1.53. The predicted octanol–water partition coefficient (Wildman–Crippen LogP) is 2.44. The molecule has 1 saturated heterocycles. The third-order valence-electron chi connectivity index (χ3n) is 4.94. The molecule has 1 aromatic carbocycles. The number of fused-ring (bicyclic) bond motifs is 1. The van der Waals surface area contributed by atoms with E-state index in [1.807, 2.05) is 25.8 Å². The number of hydrogen-bond acceptors (Lipinski definition) is 4. The molecule has 5 nitrogen and oxygen atoms in total. The monoisotopic (exact) mass is 345 g/mol. The molecule has 2 unspecified atom stereocenters. The molecule has 0 spiro atoms. The molecule has 0 aliphatic carbocycles. The summed E-state index contributed by atoms with van der Waals surface area (Å²) in [4.78, 5) is 4.13. The maximum Gasteiger partial charge on any atom is 0.171 e. The lowest BCUT2D eigenvalue weighted by molar-refractivity contribution is -0.0793. The van der Waals surface area contributed by atoms with Crippen molar-refractivity contribution in [2.45, 2.75) is 44.4 Å². The largest absolute Gasteiger partial charge is 0.485 e. The van der Waals surface area contributed by atoms with Crippen LogP contribution in [0.3, 0.4) is 0 Å². The molecule has 2 aliphatic rings. The minimum Gasteiger partial charge on any atom is -0.485 e. The maximum atomic E-state index is 10.9. The summed E-state index contributed by atoms with van der Waals surface area (Å²) in [5, 5.41) is 20.9. The fourth-order valence-electron chi connectivity index (χ4n) is 3.51. The first-order chi connectivity index (χ1) is 11.3. The van der Waals surface area contributed by atoms with Crippen molar-refractivity contribution in [1.82, 2.24) is 9.80 Å². The molecule has 128 valence electrons. The van der Waals surface area contributed by atoms with Crippen LogP contribution in [0.1, 0.15) is 43.9 Å². The number of hydrogen-bond donors (Lipinski definition) is 1. The molecule has 6 heteroatoms. The van der Waals surface area contributed by atoms with E-state index in [4.69, 9.17) is 17.0 Å². The molecular weight excluding hydrogens is 322 g/mol. The minimum atomic E-state index is -0.760. The molecule has 1 fully saturated rings. The van der Waals surface area contributed by atoms with E-state index >= 15 is 0 Å². The Morgan fingerprint density at radius 3 is 2.71 bits per heavy atom. The van der Waals surface area contributed by atoms with Crippen LogP contribution in [0.2, 0.25) is 0 Å². The highest BCUT2D eigenvalue weighted by Crippen LogP contribution is 2.43. The summed E-state index contributed by atoms with van der Waals surface area (Å²) in [5.41, 5.74) is 0.625. The normalized spacial score (nSPS) is 24.7. The standard InChI is InChI=1S/C18H23N3O2S/c1-18(2)16(22)15(20(3)17(24)21-8-4-5-9-21)13-10-12(11-19)6-7-14(13)23-18/h6-7,10,15-16,22H,4-5,8-9H2,1-3H3. The number of likely N-dealkylation sites (tertiary alicyclic amines) is 1. The molecule has 2 heterocycles. The number of thiocarbonyl (C=S) groups is 1. The average molecular weight is 345 g/mol. The number of ether oxygens (including phenoxy) is 1. The van der Waals surface area contributed by atoms with E-state index in [9.17, 15) is 10.4 Å². The fraction of sp³-hybridized carbons (Fsp3) is 0.556. The second-order valence-corrected chi connectivity index (χ2v) is 7.41. The van der Waals surface area contributed by atoms with E-state index in [0.717, 1.165) is 36.6 Å². The Labute approximate surface area is 148 Å². The van der Waals surface area contributed by atoms with E-state index in [2.05, 4.69) is 11.0 Å². The Morgan fingerprint density at radius 2 is 2.08 bits per heavy atom. The van der Waals surface area contributed by atoms with Crippen LogP contribution in [0.25, 0.3) is 0 Å². The molecule has 0 radical (unpaired) electrons. The highest BCUT2D eigenvalue weighted by atomic mass is 32.1. The summed E-state index contributed by atoms with van der Waals surface area (Å²) in [7, 11) is 1.92. The summed E-state index contributed by atoms with van der Waals surface area (Å²) < 4.78 is 5.97. The summed E-state index contributed by atoms with van der Waals surface area (Å²) in [6, 6.07) is 7.15. The van der Waals surface area contributed by atoms with Gasteiger partial charge >= 0.3 is 0 Å². The SMILES string of the molecule is CN(C(=S)N1CCCC1)C1c2cc(C#N)ccc2OC(C)(C)C1O. The Morgan fingerprint density at radius 1 is 1.42 bits per heavy atom. The van der Waals surface area contributed by atoms with Gasteiger partial charge in [-0.25, -0.2) is 0 Å². The number of likely N-dealkylation sites (N-methyl/N-ethyl adjacent to an activating group) is 1. The number of rotatable bonds is 1. The summed E-state index contributed by atoms with van der Waals surface area (Å²) >= 11 is 5.67. The van der Waals surface area contributed by atoms with E-state index in [1.165, 1.54) is 0 Å². The van der Waals surface area contributed by atoms with Crippen LogP contribution in [0.15, 0.2) is 18.2 Å². The van der Waals surface area contributed by atoms with Crippen molar-refractivity contribution in [2.75, 3.05) is 20.1 Å². The van der Waals surface area contributed by atoms with Crippen molar-refractivity contribution >= 4 is 17.3 Å². The number of nitriles is 1. The Hall–Kier alpha value is -1.84. The van der Waals surface area contributed by atoms with Gasteiger partial charge in [0.15, 0.2) is 5.11 Å². The molecule has 24 heavy (non-hydrogen) atoms. The highest BCUT2D eigenvalue weighted by molar-refractivity contribution is 7.80. The molecule has 0 aromatic heterocycles. The van der Waals surface area contributed by atoms with Crippen molar-refractivity contribution in [3.05, 3.63) is 29.3 Å². The predicted molar refractivity (Wildman–Crippen MR) is 95.8 cm³/mol. The van der Waals surface area contributed by atoms with E-state index in [0.29, 0.717) is 11.3 Å². The Balaban J connectivity index is 2.01. The zero-order valence-corrected chi connectivity index (χ0v) is 15.1. The van der Waals surface area contributed by atoms with Crippen molar-refractivity contribution in [1.29, 1.82) is 5.26 Å². The van der Waals surface area contributed by atoms with Crippen molar-refractivity contribution in [2.24, 2.45) is 0 Å². The smallest absolute Gasteiger partial charge is 0.171 e. The van der Waals surface area contributed by atoms with Crippen molar-refractivity contribution in [3.63, 3.8) is 0 Å². The minimum absolute atomic E-state index is 0.342. The molecule has 0 amide bonds. The molecule has 0 bridgehead atoms. The lowest BCUT2D eigenvalue weighted by Gasteiger charge is -2.46. The van der Waals surface area contributed by atoms with Gasteiger partial charge in [-0.3, -0.25) is 0 Å². The third kappa shape index (κ3) is 2.83. The van der Waals surface area contributed by atoms with Crippen LogP contribution in [0, 0.1) is 11.3 Å². The number of aliphatic hydroxyl groups is 1. The van der Waals surface area contributed by atoms with Crippen LogP contribution in [-0.4, -0.2) is 51.9 Å². The van der Waals surface area contributed by atoms with Gasteiger partial charge in [0.2, 0.25) is 0 Å². The number of nitrogens with zero attached hydrogens (tertiary/aromatic N) is 3. The maximum absolute atomic E-state index is 10.9.